The van der Waals surface area contributed by atoms with Crippen molar-refractivity contribution < 1.29 is 24.2 Å². The SMILES string of the molecule is C=CCN(C(=O)[C@@H]1[C@H]2C(=O)N([C@@H](CO)C(C)C)C(C(=O)N(CC=C)C(C)(C)C)C23CC[C@@]1(C)O3)c1ccccc1. The van der Waals surface area contributed by atoms with Gasteiger partial charge in [-0.05, 0) is 58.6 Å². The van der Waals surface area contributed by atoms with Crippen LogP contribution in [0.3, 0.4) is 0 Å². The minimum Gasteiger partial charge on any atom is -0.394 e. The Morgan fingerprint density at radius 2 is 1.75 bits per heavy atom. The quantitative estimate of drug-likeness (QED) is 0.447. The van der Waals surface area contributed by atoms with E-state index < -0.39 is 40.7 Å². The first-order valence-electron chi connectivity index (χ1n) is 14.3. The highest BCUT2D eigenvalue weighted by molar-refractivity contribution is 6.03. The fourth-order valence-electron chi connectivity index (χ4n) is 7.20. The summed E-state index contributed by atoms with van der Waals surface area (Å²) in [6, 6.07) is 7.78. The Labute approximate surface area is 238 Å². The highest BCUT2D eigenvalue weighted by atomic mass is 16.5. The molecule has 3 heterocycles. The summed E-state index contributed by atoms with van der Waals surface area (Å²) in [6.07, 6.45) is 4.37. The summed E-state index contributed by atoms with van der Waals surface area (Å²) in [5.74, 6) is -2.51. The van der Waals surface area contributed by atoms with Gasteiger partial charge in [-0.25, -0.2) is 0 Å². The maximum atomic E-state index is 14.6. The molecule has 3 aliphatic heterocycles. The van der Waals surface area contributed by atoms with Crippen LogP contribution >= 0.6 is 0 Å². The largest absolute Gasteiger partial charge is 0.394 e. The zero-order valence-corrected chi connectivity index (χ0v) is 24.8. The second-order valence-corrected chi connectivity index (χ2v) is 12.9. The van der Waals surface area contributed by atoms with Gasteiger partial charge < -0.3 is 24.5 Å². The van der Waals surface area contributed by atoms with Crippen LogP contribution in [-0.4, -0.2) is 81.1 Å². The summed E-state index contributed by atoms with van der Waals surface area (Å²) in [4.78, 5) is 48.5. The van der Waals surface area contributed by atoms with Crippen LogP contribution in [0.5, 0.6) is 0 Å². The fourth-order valence-corrected chi connectivity index (χ4v) is 7.20. The van der Waals surface area contributed by atoms with Gasteiger partial charge in [0.05, 0.1) is 30.1 Å². The number of rotatable bonds is 10. The Kier molecular flexibility index (Phi) is 8.09. The number of hydrogen-bond acceptors (Lipinski definition) is 5. The number of ether oxygens (including phenoxy) is 1. The third-order valence-corrected chi connectivity index (χ3v) is 9.06. The maximum Gasteiger partial charge on any atom is 0.249 e. The number of aliphatic hydroxyl groups excluding tert-OH is 1. The lowest BCUT2D eigenvalue weighted by Crippen LogP contribution is -2.62. The van der Waals surface area contributed by atoms with Crippen LogP contribution in [0.15, 0.2) is 55.6 Å². The lowest BCUT2D eigenvalue weighted by Gasteiger charge is -2.44. The Morgan fingerprint density at radius 1 is 1.12 bits per heavy atom. The predicted octanol–water partition coefficient (Wildman–Crippen LogP) is 3.80. The average Bonchev–Trinajstić information content (AvgIpc) is 3.46. The molecule has 8 heteroatoms. The summed E-state index contributed by atoms with van der Waals surface area (Å²) in [6.45, 7) is 19.6. The van der Waals surface area contributed by atoms with E-state index in [2.05, 4.69) is 13.2 Å². The van der Waals surface area contributed by atoms with Crippen molar-refractivity contribution in [2.24, 2.45) is 17.8 Å². The minimum atomic E-state index is -1.17. The van der Waals surface area contributed by atoms with Crippen molar-refractivity contribution in [1.29, 1.82) is 0 Å². The van der Waals surface area contributed by atoms with Crippen LogP contribution in [0.25, 0.3) is 0 Å². The van der Waals surface area contributed by atoms with Gasteiger partial charge in [0.15, 0.2) is 0 Å². The molecule has 3 fully saturated rings. The van der Waals surface area contributed by atoms with Crippen molar-refractivity contribution in [3.8, 4) is 0 Å². The highest BCUT2D eigenvalue weighted by Gasteiger charge is 2.79. The molecule has 1 N–H and O–H groups in total. The predicted molar refractivity (Wildman–Crippen MR) is 155 cm³/mol. The van der Waals surface area contributed by atoms with E-state index in [1.165, 1.54) is 0 Å². The Bertz CT molecular complexity index is 1160. The van der Waals surface area contributed by atoms with Crippen LogP contribution in [-0.2, 0) is 19.1 Å². The summed E-state index contributed by atoms with van der Waals surface area (Å²) in [7, 11) is 0. The number of carbonyl (C=O) groups excluding carboxylic acids is 3. The van der Waals surface area contributed by atoms with Gasteiger partial charge in [0, 0.05) is 24.3 Å². The van der Waals surface area contributed by atoms with E-state index in [1.54, 1.807) is 26.9 Å². The second-order valence-electron chi connectivity index (χ2n) is 12.9. The van der Waals surface area contributed by atoms with Gasteiger partial charge in [-0.1, -0.05) is 44.2 Å². The fraction of sp³-hybridized carbons (Fsp3) is 0.594. The zero-order chi connectivity index (χ0) is 29.6. The van der Waals surface area contributed by atoms with Crippen LogP contribution in [0.2, 0.25) is 0 Å². The number of hydrogen-bond donors (Lipinski definition) is 1. The van der Waals surface area contributed by atoms with Gasteiger partial charge in [0.25, 0.3) is 0 Å². The average molecular weight is 552 g/mol. The topological polar surface area (TPSA) is 90.4 Å². The number of benzene rings is 1. The van der Waals surface area contributed by atoms with Gasteiger partial charge in [-0.3, -0.25) is 14.4 Å². The molecule has 4 rings (SSSR count). The number of amides is 3. The van der Waals surface area contributed by atoms with Crippen LogP contribution in [0.4, 0.5) is 5.69 Å². The number of carbonyl (C=O) groups is 3. The number of para-hydroxylation sites is 1. The third kappa shape index (κ3) is 4.59. The Balaban J connectivity index is 1.87. The van der Waals surface area contributed by atoms with E-state index in [0.717, 1.165) is 0 Å². The van der Waals surface area contributed by atoms with Crippen LogP contribution < -0.4 is 4.90 Å². The van der Waals surface area contributed by atoms with Gasteiger partial charge in [0.2, 0.25) is 17.7 Å². The molecule has 8 nitrogen and oxygen atoms in total. The molecule has 6 atom stereocenters. The molecule has 2 unspecified atom stereocenters. The lowest BCUT2D eigenvalue weighted by atomic mass is 9.66. The van der Waals surface area contributed by atoms with E-state index in [0.29, 0.717) is 25.1 Å². The van der Waals surface area contributed by atoms with Crippen molar-refractivity contribution in [1.82, 2.24) is 9.80 Å². The number of aliphatic hydroxyl groups is 1. The van der Waals surface area contributed by atoms with E-state index in [4.69, 9.17) is 4.74 Å². The zero-order valence-electron chi connectivity index (χ0n) is 24.8. The van der Waals surface area contributed by atoms with Crippen molar-refractivity contribution >= 4 is 23.4 Å². The van der Waals surface area contributed by atoms with E-state index in [9.17, 15) is 19.5 Å². The summed E-state index contributed by atoms with van der Waals surface area (Å²) in [5.41, 5.74) is -1.92. The molecule has 1 aromatic rings. The van der Waals surface area contributed by atoms with Gasteiger partial charge in [-0.15, -0.1) is 13.2 Å². The monoisotopic (exact) mass is 551 g/mol. The molecule has 0 saturated carbocycles. The minimum absolute atomic E-state index is 0.120. The number of likely N-dealkylation sites (tertiary alicyclic amines) is 1. The number of anilines is 1. The Hall–Kier alpha value is -2.97. The van der Waals surface area contributed by atoms with E-state index in [-0.39, 0.29) is 36.8 Å². The first-order valence-corrected chi connectivity index (χ1v) is 14.3. The van der Waals surface area contributed by atoms with Crippen LogP contribution in [0, 0.1) is 17.8 Å². The number of nitrogens with zero attached hydrogens (tertiary/aromatic N) is 3. The highest BCUT2D eigenvalue weighted by Crippen LogP contribution is 2.64. The molecule has 3 amide bonds. The van der Waals surface area contributed by atoms with Crippen molar-refractivity contribution in [3.05, 3.63) is 55.6 Å². The molecule has 40 heavy (non-hydrogen) atoms. The summed E-state index contributed by atoms with van der Waals surface area (Å²) >= 11 is 0. The molecule has 3 saturated heterocycles. The van der Waals surface area contributed by atoms with E-state index in [1.807, 2.05) is 71.9 Å². The maximum absolute atomic E-state index is 14.6. The molecule has 0 aliphatic carbocycles. The Morgan fingerprint density at radius 3 is 2.27 bits per heavy atom. The first kappa shape index (κ1) is 30.0. The second kappa shape index (κ2) is 10.8. The molecular formula is C32H45N3O5. The molecule has 0 aromatic heterocycles. The molecule has 218 valence electrons. The number of fused-ring (bicyclic) bond motifs is 1. The standard InChI is InChI=1S/C32H45N3O5/c1-9-18-33(22-14-12-11-13-15-22)27(37)24-25-28(38)35(23(20-36)21(3)4)26(32(25)17-16-31(24,8)40-32)29(39)34(19-10-2)30(5,6)7/h9-15,21,23-26,36H,1-2,16-20H2,3-8H3/t23-,24-,25-,26?,31+,32?/m0/s1. The van der Waals surface area contributed by atoms with Gasteiger partial charge >= 0.3 is 0 Å². The molecule has 0 radical (unpaired) electrons. The van der Waals surface area contributed by atoms with Crippen molar-refractivity contribution in [2.75, 3.05) is 24.6 Å². The molecule has 1 aromatic carbocycles. The summed E-state index contributed by atoms with van der Waals surface area (Å²) in [5, 5.41) is 10.5. The van der Waals surface area contributed by atoms with E-state index >= 15 is 0 Å². The molecule has 3 aliphatic rings. The molecule has 1 spiro atoms. The van der Waals surface area contributed by atoms with Crippen molar-refractivity contribution in [2.45, 2.75) is 83.2 Å². The molecule has 2 bridgehead atoms. The van der Waals surface area contributed by atoms with Gasteiger partial charge in [0.1, 0.15) is 11.6 Å². The van der Waals surface area contributed by atoms with Gasteiger partial charge in [-0.2, -0.15) is 0 Å². The van der Waals surface area contributed by atoms with Crippen molar-refractivity contribution in [3.63, 3.8) is 0 Å². The lowest BCUT2D eigenvalue weighted by molar-refractivity contribution is -0.158. The molecular weight excluding hydrogens is 506 g/mol. The third-order valence-electron chi connectivity index (χ3n) is 9.06. The summed E-state index contributed by atoms with van der Waals surface area (Å²) < 4.78 is 6.83. The first-order chi connectivity index (χ1) is 18.8. The normalized spacial score (nSPS) is 29.9. The van der Waals surface area contributed by atoms with Crippen LogP contribution in [0.1, 0.15) is 54.4 Å². The smallest absolute Gasteiger partial charge is 0.249 e.